The number of thiocarbonyl (C=S) groups is 1. The number of hydrogen-bond donors (Lipinski definition) is 1. The van der Waals surface area contributed by atoms with Gasteiger partial charge in [-0.2, -0.15) is 0 Å². The fraction of sp³-hybridized carbons (Fsp3) is 0.400. The predicted octanol–water partition coefficient (Wildman–Crippen LogP) is 4.84. The van der Waals surface area contributed by atoms with E-state index in [1.54, 1.807) is 17.7 Å². The highest BCUT2D eigenvalue weighted by Gasteiger charge is 2.47. The Hall–Kier alpha value is -1.60. The van der Waals surface area contributed by atoms with Crippen LogP contribution in [0.1, 0.15) is 20.8 Å². The average molecular weight is 453 g/mol. The maximum atomic E-state index is 14.2. The number of nitrogens with zero attached hydrogens (tertiary/aromatic N) is 1. The Labute approximate surface area is 180 Å². The first-order valence-electron chi connectivity index (χ1n) is 9.35. The summed E-state index contributed by atoms with van der Waals surface area (Å²) in [5, 5.41) is 4.90. The summed E-state index contributed by atoms with van der Waals surface area (Å²) in [4.78, 5) is 12.0. The number of ether oxygens (including phenoxy) is 1. The van der Waals surface area contributed by atoms with Gasteiger partial charge in [0, 0.05) is 5.75 Å². The van der Waals surface area contributed by atoms with Crippen molar-refractivity contribution in [3.05, 3.63) is 42.5 Å². The van der Waals surface area contributed by atoms with Gasteiger partial charge in [-0.05, 0) is 35.7 Å². The molecule has 1 aliphatic heterocycles. The second kappa shape index (κ2) is 9.04. The maximum absolute atomic E-state index is 14.2. The van der Waals surface area contributed by atoms with Crippen LogP contribution in [0.5, 0.6) is 5.75 Å². The van der Waals surface area contributed by atoms with E-state index in [4.69, 9.17) is 21.5 Å². The van der Waals surface area contributed by atoms with E-state index in [0.717, 1.165) is 16.5 Å². The molecule has 2 aromatic rings. The Balaban J connectivity index is 2.00. The smallest absolute Gasteiger partial charge is 0.421 e. The molecule has 1 saturated heterocycles. The zero-order valence-corrected chi connectivity index (χ0v) is 19.4. The molecule has 2 aromatic carbocycles. The molecule has 1 fully saturated rings. The molecular formula is C20H25N2O4PS2. The first-order valence-corrected chi connectivity index (χ1v) is 12.3. The third-order valence-corrected chi connectivity index (χ3v) is 8.80. The molecule has 9 heteroatoms. The Bertz CT molecular complexity index is 968. The van der Waals surface area contributed by atoms with Crippen LogP contribution in [0.15, 0.2) is 42.5 Å². The summed E-state index contributed by atoms with van der Waals surface area (Å²) < 4.78 is 27.2. The van der Waals surface area contributed by atoms with E-state index >= 15 is 0 Å². The summed E-state index contributed by atoms with van der Waals surface area (Å²) in [6.07, 6.45) is 0. The van der Waals surface area contributed by atoms with Gasteiger partial charge in [-0.15, -0.1) is 0 Å². The number of rotatable bonds is 7. The lowest BCUT2D eigenvalue weighted by molar-refractivity contribution is -0.142. The molecule has 1 heterocycles. The van der Waals surface area contributed by atoms with E-state index in [2.05, 4.69) is 18.9 Å². The van der Waals surface area contributed by atoms with Crippen LogP contribution in [-0.4, -0.2) is 39.9 Å². The number of nitrogens with one attached hydrogen (secondary N) is 1. The molecule has 0 saturated carbocycles. The molecule has 0 amide bonds. The SMILES string of the molecule is COC(=O)[C@H](C)NP(=O)(Oc1ccc2ccccc2c1)N1C(=S)SC[C@@H]1C(C)C. The van der Waals surface area contributed by atoms with Crippen molar-refractivity contribution >= 4 is 52.7 Å². The first-order chi connectivity index (χ1) is 13.7. The van der Waals surface area contributed by atoms with Gasteiger partial charge in [0.25, 0.3) is 0 Å². The first kappa shape index (κ1) is 22.1. The van der Waals surface area contributed by atoms with E-state index in [-0.39, 0.29) is 12.0 Å². The van der Waals surface area contributed by atoms with Gasteiger partial charge in [0.15, 0.2) is 0 Å². The van der Waals surface area contributed by atoms with Crippen LogP contribution < -0.4 is 9.61 Å². The lowest BCUT2D eigenvalue weighted by Gasteiger charge is -2.35. The normalized spacial score (nSPS) is 20.0. The predicted molar refractivity (Wildman–Crippen MR) is 122 cm³/mol. The topological polar surface area (TPSA) is 67.9 Å². The van der Waals surface area contributed by atoms with Crippen LogP contribution in [-0.2, 0) is 14.1 Å². The largest absolute Gasteiger partial charge is 0.468 e. The van der Waals surface area contributed by atoms with Crippen molar-refractivity contribution in [1.29, 1.82) is 0 Å². The fourth-order valence-corrected chi connectivity index (χ4v) is 7.78. The summed E-state index contributed by atoms with van der Waals surface area (Å²) in [6.45, 7) is 5.70. The van der Waals surface area contributed by atoms with E-state index in [1.807, 2.05) is 36.4 Å². The summed E-state index contributed by atoms with van der Waals surface area (Å²) in [7, 11) is -2.44. The molecule has 6 nitrogen and oxygen atoms in total. The molecule has 0 bridgehead atoms. The van der Waals surface area contributed by atoms with Gasteiger partial charge in [-0.3, -0.25) is 9.46 Å². The van der Waals surface area contributed by atoms with Crippen molar-refractivity contribution in [2.75, 3.05) is 12.9 Å². The quantitative estimate of drug-likeness (QED) is 0.364. The summed E-state index contributed by atoms with van der Waals surface area (Å²) in [6, 6.07) is 12.5. The number of benzene rings is 2. The van der Waals surface area contributed by atoms with Crippen molar-refractivity contribution in [2.24, 2.45) is 5.92 Å². The van der Waals surface area contributed by atoms with Crippen molar-refractivity contribution in [3.8, 4) is 5.75 Å². The molecule has 1 unspecified atom stereocenters. The Kier molecular flexibility index (Phi) is 6.89. The molecule has 0 aliphatic carbocycles. The zero-order valence-electron chi connectivity index (χ0n) is 16.8. The second-order valence-corrected chi connectivity index (χ2v) is 10.8. The molecular weight excluding hydrogens is 427 g/mol. The molecule has 29 heavy (non-hydrogen) atoms. The van der Waals surface area contributed by atoms with Crippen LogP contribution in [0.4, 0.5) is 0 Å². The zero-order chi connectivity index (χ0) is 21.2. The number of hydrogen-bond acceptors (Lipinski definition) is 6. The van der Waals surface area contributed by atoms with Crippen LogP contribution in [0.25, 0.3) is 10.8 Å². The minimum atomic E-state index is -3.74. The highest BCUT2D eigenvalue weighted by atomic mass is 32.2. The fourth-order valence-electron chi connectivity index (χ4n) is 3.18. The van der Waals surface area contributed by atoms with Crippen LogP contribution in [0, 0.1) is 5.92 Å². The third-order valence-electron chi connectivity index (χ3n) is 4.79. The molecule has 0 aromatic heterocycles. The number of carbonyl (C=O) groups is 1. The maximum Gasteiger partial charge on any atom is 0.421 e. The van der Waals surface area contributed by atoms with E-state index < -0.39 is 19.7 Å². The average Bonchev–Trinajstić information content (AvgIpc) is 3.09. The number of carbonyl (C=O) groups excluding carboxylic acids is 1. The van der Waals surface area contributed by atoms with Gasteiger partial charge >= 0.3 is 13.6 Å². The Morgan fingerprint density at radius 2 is 1.93 bits per heavy atom. The van der Waals surface area contributed by atoms with Crippen molar-refractivity contribution in [3.63, 3.8) is 0 Å². The Morgan fingerprint density at radius 1 is 1.24 bits per heavy atom. The van der Waals surface area contributed by atoms with Gasteiger partial charge in [0.2, 0.25) is 0 Å². The van der Waals surface area contributed by atoms with Gasteiger partial charge < -0.3 is 9.26 Å². The second-order valence-electron chi connectivity index (χ2n) is 7.23. The number of esters is 1. The standard InChI is InChI=1S/C20H25N2O4PS2/c1-13(2)18-12-29-20(28)22(18)27(24,21-14(3)19(23)25-4)26-17-10-9-15-7-5-6-8-16(15)11-17/h5-11,13-14,18H,12H2,1-4H3,(H,21,24)/t14-,18+,27?/m0/s1. The highest BCUT2D eigenvalue weighted by Crippen LogP contribution is 2.54. The van der Waals surface area contributed by atoms with E-state index in [9.17, 15) is 9.36 Å². The molecule has 156 valence electrons. The summed E-state index contributed by atoms with van der Waals surface area (Å²) in [5.41, 5.74) is 0. The molecule has 0 spiro atoms. The molecule has 3 atom stereocenters. The van der Waals surface area contributed by atoms with Crippen LogP contribution in [0.2, 0.25) is 0 Å². The summed E-state index contributed by atoms with van der Waals surface area (Å²) in [5.74, 6) is 0.840. The molecule has 0 radical (unpaired) electrons. The highest BCUT2D eigenvalue weighted by molar-refractivity contribution is 8.23. The lowest BCUT2D eigenvalue weighted by atomic mass is 10.1. The Morgan fingerprint density at radius 3 is 2.59 bits per heavy atom. The third kappa shape index (κ3) is 4.77. The molecule has 1 aliphatic rings. The van der Waals surface area contributed by atoms with E-state index in [1.165, 1.54) is 18.9 Å². The molecule has 3 rings (SSSR count). The lowest BCUT2D eigenvalue weighted by Crippen LogP contribution is -2.44. The van der Waals surface area contributed by atoms with Gasteiger partial charge in [-0.25, -0.2) is 9.65 Å². The van der Waals surface area contributed by atoms with Crippen molar-refractivity contribution < 1.29 is 18.6 Å². The van der Waals surface area contributed by atoms with Crippen molar-refractivity contribution in [1.82, 2.24) is 9.76 Å². The minimum absolute atomic E-state index is 0.0730. The minimum Gasteiger partial charge on any atom is -0.468 e. The van der Waals surface area contributed by atoms with Gasteiger partial charge in [0.05, 0.1) is 13.2 Å². The van der Waals surface area contributed by atoms with Gasteiger partial charge in [-0.1, -0.05) is 68.2 Å². The van der Waals surface area contributed by atoms with Crippen molar-refractivity contribution in [2.45, 2.75) is 32.9 Å². The summed E-state index contributed by atoms with van der Waals surface area (Å²) >= 11 is 6.98. The van der Waals surface area contributed by atoms with Gasteiger partial charge in [0.1, 0.15) is 16.1 Å². The van der Waals surface area contributed by atoms with Crippen LogP contribution in [0.3, 0.4) is 0 Å². The van der Waals surface area contributed by atoms with E-state index in [0.29, 0.717) is 10.1 Å². The number of methoxy groups -OCH3 is 1. The monoisotopic (exact) mass is 452 g/mol. The number of fused-ring (bicyclic) bond motifs is 1. The number of thioether (sulfide) groups is 1. The van der Waals surface area contributed by atoms with Crippen LogP contribution >= 0.6 is 31.7 Å². The molecule has 1 N–H and O–H groups in total.